The van der Waals surface area contributed by atoms with Gasteiger partial charge in [0.1, 0.15) is 0 Å². The molecular weight excluding hydrogens is 335 g/mol. The molecule has 1 aliphatic carbocycles. The minimum Gasteiger partial charge on any atom is -0.241 e. The number of alkyl halides is 1. The highest BCUT2D eigenvalue weighted by Gasteiger charge is 2.27. The zero-order chi connectivity index (χ0) is 13.9. The van der Waals surface area contributed by atoms with Crippen molar-refractivity contribution in [2.45, 2.75) is 36.8 Å². The van der Waals surface area contributed by atoms with Gasteiger partial charge in [0.15, 0.2) is 5.82 Å². The van der Waals surface area contributed by atoms with E-state index in [0.717, 1.165) is 37.1 Å². The fourth-order valence-corrected chi connectivity index (χ4v) is 4.24. The largest absolute Gasteiger partial charge is 0.261 e. The monoisotopic (exact) mass is 350 g/mol. The summed E-state index contributed by atoms with van der Waals surface area (Å²) in [5.74, 6) is -0.212. The maximum Gasteiger partial charge on any atom is 0.261 e. The number of pyridine rings is 1. The van der Waals surface area contributed by atoms with Gasteiger partial charge in [-0.25, -0.2) is 22.5 Å². The molecule has 1 aromatic heterocycles. The maximum atomic E-state index is 13.5. The van der Waals surface area contributed by atoms with Crippen LogP contribution in [0, 0.1) is 11.7 Å². The van der Waals surface area contributed by atoms with Crippen molar-refractivity contribution in [2.24, 2.45) is 5.92 Å². The highest BCUT2D eigenvalue weighted by molar-refractivity contribution is 9.09. The maximum absolute atomic E-state index is 13.5. The molecule has 0 amide bonds. The van der Waals surface area contributed by atoms with Crippen LogP contribution in [0.3, 0.4) is 0 Å². The summed E-state index contributed by atoms with van der Waals surface area (Å²) >= 11 is 3.44. The summed E-state index contributed by atoms with van der Waals surface area (Å²) in [7, 11) is -3.86. The molecular formula is C12H16BrFN2O2S. The number of nitrogens with one attached hydrogen (secondary N) is 1. The van der Waals surface area contributed by atoms with Crippen molar-refractivity contribution < 1.29 is 12.8 Å². The van der Waals surface area contributed by atoms with E-state index >= 15 is 0 Å². The molecule has 106 valence electrons. The SMILES string of the molecule is O=S(=O)(NC1CCC(CBr)CC1)c1ncccc1F. The van der Waals surface area contributed by atoms with E-state index in [1.54, 1.807) is 0 Å². The molecule has 0 aliphatic heterocycles. The summed E-state index contributed by atoms with van der Waals surface area (Å²) in [6.45, 7) is 0. The quantitative estimate of drug-likeness (QED) is 0.848. The summed E-state index contributed by atoms with van der Waals surface area (Å²) < 4.78 is 40.1. The Kier molecular flexibility index (Phi) is 4.92. The Balaban J connectivity index is 2.05. The number of nitrogens with zero attached hydrogens (tertiary/aromatic N) is 1. The van der Waals surface area contributed by atoms with Crippen molar-refractivity contribution in [2.75, 3.05) is 5.33 Å². The Bertz CT molecular complexity index is 530. The van der Waals surface area contributed by atoms with E-state index in [0.29, 0.717) is 5.92 Å². The molecule has 0 radical (unpaired) electrons. The molecule has 1 aromatic rings. The van der Waals surface area contributed by atoms with Crippen LogP contribution in [0.25, 0.3) is 0 Å². The Labute approximate surface area is 121 Å². The molecule has 0 unspecified atom stereocenters. The summed E-state index contributed by atoms with van der Waals surface area (Å²) in [5.41, 5.74) is 0. The zero-order valence-electron chi connectivity index (χ0n) is 10.4. The van der Waals surface area contributed by atoms with Crippen molar-refractivity contribution in [3.8, 4) is 0 Å². The van der Waals surface area contributed by atoms with Gasteiger partial charge in [-0.2, -0.15) is 0 Å². The number of aromatic nitrogens is 1. The van der Waals surface area contributed by atoms with E-state index in [2.05, 4.69) is 25.6 Å². The lowest BCUT2D eigenvalue weighted by Gasteiger charge is -2.27. The van der Waals surface area contributed by atoms with Crippen LogP contribution >= 0.6 is 15.9 Å². The van der Waals surface area contributed by atoms with Crippen LogP contribution < -0.4 is 4.72 Å². The van der Waals surface area contributed by atoms with Crippen LogP contribution in [0.5, 0.6) is 0 Å². The molecule has 19 heavy (non-hydrogen) atoms. The topological polar surface area (TPSA) is 59.1 Å². The van der Waals surface area contributed by atoms with Gasteiger partial charge in [-0.3, -0.25) is 0 Å². The van der Waals surface area contributed by atoms with E-state index in [1.165, 1.54) is 12.3 Å². The molecule has 1 fully saturated rings. The van der Waals surface area contributed by atoms with Gasteiger partial charge < -0.3 is 0 Å². The van der Waals surface area contributed by atoms with Crippen LogP contribution in [0.2, 0.25) is 0 Å². The number of sulfonamides is 1. The van der Waals surface area contributed by atoms with Crippen molar-refractivity contribution in [3.63, 3.8) is 0 Å². The van der Waals surface area contributed by atoms with Crippen LogP contribution in [-0.2, 0) is 10.0 Å². The molecule has 1 N–H and O–H groups in total. The molecule has 4 nitrogen and oxygen atoms in total. The zero-order valence-corrected chi connectivity index (χ0v) is 12.8. The first-order valence-corrected chi connectivity index (χ1v) is 8.82. The normalized spacial score (nSPS) is 24.3. The number of hydrogen-bond acceptors (Lipinski definition) is 3. The molecule has 0 saturated heterocycles. The number of rotatable bonds is 4. The highest BCUT2D eigenvalue weighted by Crippen LogP contribution is 2.26. The molecule has 0 aromatic carbocycles. The Hall–Kier alpha value is -0.530. The van der Waals surface area contributed by atoms with Gasteiger partial charge in [-0.05, 0) is 43.7 Å². The summed E-state index contributed by atoms with van der Waals surface area (Å²) in [6.07, 6.45) is 4.79. The Morgan fingerprint density at radius 3 is 2.63 bits per heavy atom. The lowest BCUT2D eigenvalue weighted by Crippen LogP contribution is -2.38. The van der Waals surface area contributed by atoms with Gasteiger partial charge in [-0.15, -0.1) is 0 Å². The average Bonchev–Trinajstić information content (AvgIpc) is 2.39. The van der Waals surface area contributed by atoms with E-state index < -0.39 is 20.9 Å². The van der Waals surface area contributed by atoms with Gasteiger partial charge in [0.05, 0.1) is 0 Å². The average molecular weight is 351 g/mol. The lowest BCUT2D eigenvalue weighted by molar-refractivity contribution is 0.337. The second-order valence-electron chi connectivity index (χ2n) is 4.78. The predicted octanol–water partition coefficient (Wildman–Crippen LogP) is 2.45. The van der Waals surface area contributed by atoms with E-state index in [4.69, 9.17) is 0 Å². The third kappa shape index (κ3) is 3.73. The fraction of sp³-hybridized carbons (Fsp3) is 0.583. The van der Waals surface area contributed by atoms with Crippen LogP contribution in [0.15, 0.2) is 23.4 Å². The van der Waals surface area contributed by atoms with Crippen LogP contribution in [-0.4, -0.2) is 24.8 Å². The van der Waals surface area contributed by atoms with Crippen LogP contribution in [0.1, 0.15) is 25.7 Å². The van der Waals surface area contributed by atoms with E-state index in [9.17, 15) is 12.8 Å². The number of halogens is 2. The number of hydrogen-bond donors (Lipinski definition) is 1. The molecule has 1 saturated carbocycles. The van der Waals surface area contributed by atoms with Gasteiger partial charge in [0.2, 0.25) is 5.03 Å². The smallest absolute Gasteiger partial charge is 0.241 e. The lowest BCUT2D eigenvalue weighted by atomic mass is 9.88. The Morgan fingerprint density at radius 1 is 1.37 bits per heavy atom. The minimum absolute atomic E-state index is 0.123. The summed E-state index contributed by atoms with van der Waals surface area (Å²) in [4.78, 5) is 3.61. The molecule has 7 heteroatoms. The first-order valence-electron chi connectivity index (χ1n) is 6.21. The third-order valence-corrected chi connectivity index (χ3v) is 5.73. The second-order valence-corrected chi connectivity index (χ2v) is 7.06. The first kappa shape index (κ1) is 14.9. The third-order valence-electron chi connectivity index (χ3n) is 3.37. The van der Waals surface area contributed by atoms with Gasteiger partial charge in [-0.1, -0.05) is 15.9 Å². The van der Waals surface area contributed by atoms with Gasteiger partial charge >= 0.3 is 0 Å². The van der Waals surface area contributed by atoms with Crippen molar-refractivity contribution in [1.82, 2.24) is 9.71 Å². The Morgan fingerprint density at radius 2 is 2.05 bits per heavy atom. The fourth-order valence-electron chi connectivity index (χ4n) is 2.28. The standard InChI is InChI=1S/C12H16BrFN2O2S/c13-8-9-3-5-10(6-4-9)16-19(17,18)12-11(14)2-1-7-15-12/h1-2,7,9-10,16H,3-6,8H2. The summed E-state index contributed by atoms with van der Waals surface area (Å²) in [5, 5.41) is 0.430. The molecule has 0 atom stereocenters. The molecule has 0 spiro atoms. The van der Waals surface area contributed by atoms with Crippen molar-refractivity contribution >= 4 is 26.0 Å². The molecule has 0 bridgehead atoms. The first-order chi connectivity index (χ1) is 9.03. The minimum atomic E-state index is -3.86. The molecule has 1 heterocycles. The second kappa shape index (κ2) is 6.28. The van der Waals surface area contributed by atoms with Crippen LogP contribution in [0.4, 0.5) is 4.39 Å². The van der Waals surface area contributed by atoms with Gasteiger partial charge in [0, 0.05) is 17.6 Å². The van der Waals surface area contributed by atoms with E-state index in [1.807, 2.05) is 0 Å². The van der Waals surface area contributed by atoms with Gasteiger partial charge in [0.25, 0.3) is 10.0 Å². The van der Waals surface area contributed by atoms with Crippen molar-refractivity contribution in [3.05, 3.63) is 24.1 Å². The highest BCUT2D eigenvalue weighted by atomic mass is 79.9. The molecule has 2 rings (SSSR count). The predicted molar refractivity (Wildman–Crippen MR) is 74.1 cm³/mol. The van der Waals surface area contributed by atoms with E-state index in [-0.39, 0.29) is 6.04 Å². The van der Waals surface area contributed by atoms with Crippen molar-refractivity contribution in [1.29, 1.82) is 0 Å². The molecule has 1 aliphatic rings. The summed E-state index contributed by atoms with van der Waals surface area (Å²) in [6, 6.07) is 2.35.